The first-order valence-corrected chi connectivity index (χ1v) is 5.54. The largest absolute Gasteiger partial charge is 0.457 e. The molecule has 0 atom stereocenters. The van der Waals surface area contributed by atoms with E-state index in [-0.39, 0.29) is 11.6 Å². The van der Waals surface area contributed by atoms with Crippen molar-refractivity contribution in [2.24, 2.45) is 0 Å². The van der Waals surface area contributed by atoms with Crippen molar-refractivity contribution in [3.63, 3.8) is 0 Å². The Balaban J connectivity index is 2.18. The van der Waals surface area contributed by atoms with E-state index in [1.807, 2.05) is 0 Å². The molecule has 0 fully saturated rings. The van der Waals surface area contributed by atoms with Crippen molar-refractivity contribution in [1.82, 2.24) is 0 Å². The normalized spacial score (nSPS) is 10.4. The molecule has 0 aliphatic rings. The monoisotopic (exact) mass is 284 g/mol. The smallest absolute Gasteiger partial charge is 0.338 e. The third-order valence-corrected chi connectivity index (χ3v) is 2.56. The van der Waals surface area contributed by atoms with E-state index in [4.69, 9.17) is 0 Å². The van der Waals surface area contributed by atoms with Gasteiger partial charge in [0.05, 0.1) is 11.1 Å². The summed E-state index contributed by atoms with van der Waals surface area (Å²) in [7, 11) is 0. The molecule has 2 aromatic carbocycles. The number of hydrogen-bond acceptors (Lipinski definition) is 2. The van der Waals surface area contributed by atoms with E-state index in [1.165, 1.54) is 12.1 Å². The fraction of sp³-hybridized carbons (Fsp3) is 0.0714. The van der Waals surface area contributed by atoms with E-state index in [9.17, 15) is 22.4 Å². The Morgan fingerprint density at radius 3 is 2.05 bits per heavy atom. The van der Waals surface area contributed by atoms with Crippen molar-refractivity contribution in [3.05, 3.63) is 70.8 Å². The van der Waals surface area contributed by atoms with E-state index < -0.39 is 41.4 Å². The number of benzene rings is 2. The van der Waals surface area contributed by atoms with Crippen molar-refractivity contribution >= 4 is 5.97 Å². The van der Waals surface area contributed by atoms with E-state index in [1.54, 1.807) is 18.2 Å². The van der Waals surface area contributed by atoms with Crippen LogP contribution in [0.3, 0.4) is 0 Å². The highest BCUT2D eigenvalue weighted by atomic mass is 19.2. The molecule has 2 nitrogen and oxygen atoms in total. The van der Waals surface area contributed by atoms with Crippen LogP contribution in [-0.4, -0.2) is 5.97 Å². The minimum Gasteiger partial charge on any atom is -0.457 e. The summed E-state index contributed by atoms with van der Waals surface area (Å²) in [5, 5.41) is 0. The standard InChI is InChI=1S/C14H8F4O2/c15-10-6-11(16)13(18)9(12(10)17)7-20-14(19)8-4-2-1-3-5-8/h1-6H,7H2. The summed E-state index contributed by atoms with van der Waals surface area (Å²) >= 11 is 0. The number of carbonyl (C=O) groups excluding carboxylic acids is 1. The maximum absolute atomic E-state index is 13.3. The summed E-state index contributed by atoms with van der Waals surface area (Å²) < 4.78 is 57.2. The lowest BCUT2D eigenvalue weighted by molar-refractivity contribution is 0.0462. The van der Waals surface area contributed by atoms with Crippen molar-refractivity contribution in [3.8, 4) is 0 Å². The topological polar surface area (TPSA) is 26.3 Å². The second-order valence-electron chi connectivity index (χ2n) is 3.89. The summed E-state index contributed by atoms with van der Waals surface area (Å²) in [6, 6.07) is 7.76. The van der Waals surface area contributed by atoms with Crippen LogP contribution < -0.4 is 0 Å². The number of halogens is 4. The average Bonchev–Trinajstić information content (AvgIpc) is 2.46. The zero-order chi connectivity index (χ0) is 14.7. The molecule has 0 aromatic heterocycles. The highest BCUT2D eigenvalue weighted by molar-refractivity contribution is 5.89. The Bertz CT molecular complexity index is 615. The zero-order valence-electron chi connectivity index (χ0n) is 10.00. The minimum atomic E-state index is -1.58. The molecule has 0 N–H and O–H groups in total. The Kier molecular flexibility index (Phi) is 4.02. The Labute approximate surface area is 111 Å². The van der Waals surface area contributed by atoms with E-state index in [2.05, 4.69) is 4.74 Å². The van der Waals surface area contributed by atoms with Crippen LogP contribution in [0.2, 0.25) is 0 Å². The minimum absolute atomic E-state index is 0.0905. The summed E-state index contributed by atoms with van der Waals surface area (Å²) in [5.74, 6) is -7.10. The molecule has 104 valence electrons. The highest BCUT2D eigenvalue weighted by Gasteiger charge is 2.20. The highest BCUT2D eigenvalue weighted by Crippen LogP contribution is 2.20. The molecular weight excluding hydrogens is 276 g/mol. The predicted octanol–water partition coefficient (Wildman–Crippen LogP) is 3.60. The molecular formula is C14H8F4O2. The zero-order valence-corrected chi connectivity index (χ0v) is 10.00. The maximum Gasteiger partial charge on any atom is 0.338 e. The van der Waals surface area contributed by atoms with Gasteiger partial charge in [0, 0.05) is 6.07 Å². The molecule has 6 heteroatoms. The molecule has 2 aromatic rings. The van der Waals surface area contributed by atoms with Gasteiger partial charge in [0.15, 0.2) is 23.3 Å². The van der Waals surface area contributed by atoms with Gasteiger partial charge in [0.1, 0.15) is 6.61 Å². The van der Waals surface area contributed by atoms with Crippen LogP contribution in [0, 0.1) is 23.3 Å². The number of carbonyl (C=O) groups is 1. The lowest BCUT2D eigenvalue weighted by atomic mass is 10.2. The molecule has 0 saturated carbocycles. The van der Waals surface area contributed by atoms with Crippen molar-refractivity contribution < 1.29 is 27.1 Å². The molecule has 0 spiro atoms. The second-order valence-corrected chi connectivity index (χ2v) is 3.89. The van der Waals surface area contributed by atoms with Crippen LogP contribution in [0.1, 0.15) is 15.9 Å². The summed E-state index contributed by atoms with van der Waals surface area (Å²) in [4.78, 5) is 11.6. The predicted molar refractivity (Wildman–Crippen MR) is 61.8 cm³/mol. The van der Waals surface area contributed by atoms with Crippen molar-refractivity contribution in [1.29, 1.82) is 0 Å². The van der Waals surface area contributed by atoms with Crippen molar-refractivity contribution in [2.75, 3.05) is 0 Å². The van der Waals surface area contributed by atoms with Gasteiger partial charge in [0.25, 0.3) is 0 Å². The first-order chi connectivity index (χ1) is 9.50. The Morgan fingerprint density at radius 1 is 0.950 bits per heavy atom. The van der Waals surface area contributed by atoms with E-state index >= 15 is 0 Å². The molecule has 0 radical (unpaired) electrons. The van der Waals surface area contributed by atoms with Gasteiger partial charge < -0.3 is 4.74 Å². The molecule has 0 heterocycles. The third kappa shape index (κ3) is 2.79. The van der Waals surface area contributed by atoms with Crippen LogP contribution >= 0.6 is 0 Å². The summed E-state index contributed by atoms with van der Waals surface area (Å²) in [6.07, 6.45) is 0. The molecule has 0 amide bonds. The lowest BCUT2D eigenvalue weighted by Crippen LogP contribution is -2.09. The van der Waals surface area contributed by atoms with Gasteiger partial charge in [-0.3, -0.25) is 0 Å². The fourth-order valence-corrected chi connectivity index (χ4v) is 1.54. The summed E-state index contributed by atoms with van der Waals surface area (Å²) in [6.45, 7) is -0.903. The van der Waals surface area contributed by atoms with Crippen LogP contribution in [0.4, 0.5) is 17.6 Å². The Morgan fingerprint density at radius 2 is 1.50 bits per heavy atom. The molecule has 0 saturated heterocycles. The van der Waals surface area contributed by atoms with Gasteiger partial charge in [-0.25, -0.2) is 22.4 Å². The van der Waals surface area contributed by atoms with Crippen LogP contribution in [0.5, 0.6) is 0 Å². The lowest BCUT2D eigenvalue weighted by Gasteiger charge is -2.08. The van der Waals surface area contributed by atoms with Gasteiger partial charge in [-0.1, -0.05) is 18.2 Å². The first-order valence-electron chi connectivity index (χ1n) is 5.54. The molecule has 0 unspecified atom stereocenters. The average molecular weight is 284 g/mol. The quantitative estimate of drug-likeness (QED) is 0.489. The number of ether oxygens (including phenoxy) is 1. The first kappa shape index (κ1) is 14.0. The number of rotatable bonds is 3. The number of esters is 1. The molecule has 2 rings (SSSR count). The van der Waals surface area contributed by atoms with Crippen LogP contribution in [0.15, 0.2) is 36.4 Å². The third-order valence-electron chi connectivity index (χ3n) is 2.56. The van der Waals surface area contributed by atoms with Gasteiger partial charge in [-0.05, 0) is 12.1 Å². The molecule has 0 aliphatic heterocycles. The Hall–Kier alpha value is -2.37. The fourth-order valence-electron chi connectivity index (χ4n) is 1.54. The second kappa shape index (κ2) is 5.73. The number of hydrogen-bond donors (Lipinski definition) is 0. The van der Waals surface area contributed by atoms with Gasteiger partial charge in [-0.15, -0.1) is 0 Å². The summed E-state index contributed by atoms with van der Waals surface area (Å²) in [5.41, 5.74) is -0.808. The van der Waals surface area contributed by atoms with Crippen molar-refractivity contribution in [2.45, 2.75) is 6.61 Å². The molecule has 0 aliphatic carbocycles. The van der Waals surface area contributed by atoms with Crippen LogP contribution in [-0.2, 0) is 11.3 Å². The molecule has 0 bridgehead atoms. The van der Waals surface area contributed by atoms with Gasteiger partial charge in [0.2, 0.25) is 0 Å². The SMILES string of the molecule is O=C(OCc1c(F)c(F)cc(F)c1F)c1ccccc1. The van der Waals surface area contributed by atoms with Gasteiger partial charge >= 0.3 is 5.97 Å². The van der Waals surface area contributed by atoms with Gasteiger partial charge in [-0.2, -0.15) is 0 Å². The molecule has 20 heavy (non-hydrogen) atoms. The van der Waals surface area contributed by atoms with E-state index in [0.29, 0.717) is 0 Å². The van der Waals surface area contributed by atoms with Crippen LogP contribution in [0.25, 0.3) is 0 Å². The van der Waals surface area contributed by atoms with E-state index in [0.717, 1.165) is 0 Å². The maximum atomic E-state index is 13.3.